The Morgan fingerprint density at radius 2 is 1.78 bits per heavy atom. The minimum absolute atomic E-state index is 0.205. The lowest BCUT2D eigenvalue weighted by Crippen LogP contribution is -3.16. The van der Waals surface area contributed by atoms with Crippen molar-refractivity contribution in [2.75, 3.05) is 58.5 Å². The van der Waals surface area contributed by atoms with Crippen LogP contribution in [0.1, 0.15) is 0 Å². The van der Waals surface area contributed by atoms with E-state index in [2.05, 4.69) is 16.0 Å². The van der Waals surface area contributed by atoms with Gasteiger partial charge in [-0.3, -0.25) is 4.90 Å². The second kappa shape index (κ2) is 9.43. The van der Waals surface area contributed by atoms with E-state index in [-0.39, 0.29) is 6.61 Å². The number of H-pyrrole nitrogens is 1. The minimum Gasteiger partial charge on any atom is -0.493 e. The van der Waals surface area contributed by atoms with E-state index in [1.54, 1.807) is 14.2 Å². The number of aromatic nitrogens is 1. The highest BCUT2D eigenvalue weighted by Crippen LogP contribution is 2.36. The summed E-state index contributed by atoms with van der Waals surface area (Å²) in [5.41, 5.74) is 0. The highest BCUT2D eigenvalue weighted by Gasteiger charge is 2.27. The number of aliphatic hydroxyl groups is 1. The van der Waals surface area contributed by atoms with Crippen molar-refractivity contribution in [1.82, 2.24) is 0 Å². The van der Waals surface area contributed by atoms with Crippen molar-refractivity contribution in [2.45, 2.75) is 6.10 Å². The zero-order valence-electron chi connectivity index (χ0n) is 16.0. The molecule has 0 unspecified atom stereocenters. The first kappa shape index (κ1) is 19.3. The lowest BCUT2D eigenvalue weighted by Gasteiger charge is -2.29. The number of para-hydroxylation sites is 1. The van der Waals surface area contributed by atoms with E-state index in [1.807, 2.05) is 36.5 Å². The largest absolute Gasteiger partial charge is 0.493 e. The SMILES string of the molecule is COc1cccc(OC)c1OC[C@H](O)C[NH+]1CCN(c2cccc[nH+]2)CC1. The number of benzene rings is 1. The summed E-state index contributed by atoms with van der Waals surface area (Å²) in [6.45, 7) is 4.75. The smallest absolute Gasteiger partial charge is 0.274 e. The number of ether oxygens (including phenoxy) is 3. The second-order valence-corrected chi connectivity index (χ2v) is 6.65. The number of hydrogen-bond acceptors (Lipinski definition) is 5. The maximum Gasteiger partial charge on any atom is 0.274 e. The van der Waals surface area contributed by atoms with E-state index in [0.29, 0.717) is 23.8 Å². The van der Waals surface area contributed by atoms with E-state index in [0.717, 1.165) is 32.0 Å². The lowest BCUT2D eigenvalue weighted by atomic mass is 10.2. The number of aliphatic hydroxyl groups excluding tert-OH is 1. The first-order chi connectivity index (χ1) is 13.2. The molecule has 0 spiro atoms. The molecule has 2 aromatic rings. The molecular weight excluding hydrogens is 346 g/mol. The van der Waals surface area contributed by atoms with Gasteiger partial charge in [-0.2, -0.15) is 0 Å². The quantitative estimate of drug-likeness (QED) is 0.661. The molecule has 1 atom stereocenters. The van der Waals surface area contributed by atoms with E-state index in [9.17, 15) is 5.11 Å². The zero-order chi connectivity index (χ0) is 19.1. The van der Waals surface area contributed by atoms with Crippen molar-refractivity contribution >= 4 is 5.82 Å². The molecule has 1 aliphatic rings. The summed E-state index contributed by atoms with van der Waals surface area (Å²) in [4.78, 5) is 7.00. The van der Waals surface area contributed by atoms with Crippen LogP contribution >= 0.6 is 0 Å². The maximum atomic E-state index is 10.4. The fourth-order valence-corrected chi connectivity index (χ4v) is 3.38. The summed E-state index contributed by atoms with van der Waals surface area (Å²) in [5.74, 6) is 2.87. The van der Waals surface area contributed by atoms with E-state index >= 15 is 0 Å². The van der Waals surface area contributed by atoms with Crippen molar-refractivity contribution in [1.29, 1.82) is 0 Å². The Labute approximate surface area is 160 Å². The average molecular weight is 375 g/mol. The van der Waals surface area contributed by atoms with Crippen LogP contribution in [0.2, 0.25) is 0 Å². The van der Waals surface area contributed by atoms with Gasteiger partial charge >= 0.3 is 0 Å². The Morgan fingerprint density at radius 1 is 1.07 bits per heavy atom. The van der Waals surface area contributed by atoms with Gasteiger partial charge in [-0.15, -0.1) is 0 Å². The normalized spacial score (nSPS) is 16.0. The molecule has 1 aromatic heterocycles. The van der Waals surface area contributed by atoms with Crippen LogP contribution in [0.15, 0.2) is 42.6 Å². The number of pyridine rings is 1. The third kappa shape index (κ3) is 5.02. The molecule has 1 aromatic carbocycles. The summed E-state index contributed by atoms with van der Waals surface area (Å²) in [5, 5.41) is 10.4. The molecule has 0 radical (unpaired) electrons. The van der Waals surface area contributed by atoms with Crippen molar-refractivity contribution in [3.8, 4) is 17.2 Å². The zero-order valence-corrected chi connectivity index (χ0v) is 16.0. The molecule has 0 amide bonds. The van der Waals surface area contributed by atoms with Gasteiger partial charge in [-0.1, -0.05) is 12.1 Å². The van der Waals surface area contributed by atoms with Gasteiger partial charge in [-0.05, 0) is 18.2 Å². The number of quaternary nitrogens is 1. The minimum atomic E-state index is -0.551. The van der Waals surface area contributed by atoms with Crippen LogP contribution in [0.3, 0.4) is 0 Å². The van der Waals surface area contributed by atoms with E-state index in [4.69, 9.17) is 14.2 Å². The average Bonchev–Trinajstić information content (AvgIpc) is 2.73. The Hall–Kier alpha value is -2.51. The van der Waals surface area contributed by atoms with Crippen molar-refractivity contribution < 1.29 is 29.2 Å². The van der Waals surface area contributed by atoms with Gasteiger partial charge in [0, 0.05) is 6.07 Å². The van der Waals surface area contributed by atoms with Crippen molar-refractivity contribution in [3.05, 3.63) is 42.6 Å². The maximum absolute atomic E-state index is 10.4. The fourth-order valence-electron chi connectivity index (χ4n) is 3.38. The molecule has 146 valence electrons. The summed E-state index contributed by atoms with van der Waals surface area (Å²) in [6.07, 6.45) is 1.39. The predicted octanol–water partition coefficient (Wildman–Crippen LogP) is -0.337. The van der Waals surface area contributed by atoms with Gasteiger partial charge in [0.2, 0.25) is 5.75 Å². The van der Waals surface area contributed by atoms with Crippen LogP contribution in [0, 0.1) is 0 Å². The first-order valence-corrected chi connectivity index (χ1v) is 9.28. The van der Waals surface area contributed by atoms with Gasteiger partial charge in [0.15, 0.2) is 11.5 Å². The molecule has 1 saturated heterocycles. The van der Waals surface area contributed by atoms with Crippen LogP contribution in [0.5, 0.6) is 17.2 Å². The highest BCUT2D eigenvalue weighted by atomic mass is 16.5. The molecule has 27 heavy (non-hydrogen) atoms. The summed E-state index contributed by atoms with van der Waals surface area (Å²) >= 11 is 0. The van der Waals surface area contributed by atoms with E-state index in [1.165, 1.54) is 4.90 Å². The van der Waals surface area contributed by atoms with Crippen LogP contribution < -0.4 is 29.0 Å². The molecule has 0 bridgehead atoms. The number of rotatable bonds is 8. The summed E-state index contributed by atoms with van der Waals surface area (Å²) in [6, 6.07) is 11.6. The third-order valence-electron chi connectivity index (χ3n) is 4.83. The van der Waals surface area contributed by atoms with Crippen molar-refractivity contribution in [2.24, 2.45) is 0 Å². The predicted molar refractivity (Wildman–Crippen MR) is 102 cm³/mol. The number of nitrogens with one attached hydrogen (secondary N) is 2. The van der Waals surface area contributed by atoms with Crippen LogP contribution in [-0.2, 0) is 0 Å². The summed E-state index contributed by atoms with van der Waals surface area (Å²) < 4.78 is 16.5. The Bertz CT molecular complexity index is 683. The van der Waals surface area contributed by atoms with Crippen molar-refractivity contribution in [3.63, 3.8) is 0 Å². The van der Waals surface area contributed by atoms with Crippen LogP contribution in [0.4, 0.5) is 5.82 Å². The Balaban J connectivity index is 1.47. The van der Waals surface area contributed by atoms with Gasteiger partial charge in [0.1, 0.15) is 45.4 Å². The molecular formula is C20H29N3O4+2. The summed E-state index contributed by atoms with van der Waals surface area (Å²) in [7, 11) is 3.18. The molecule has 0 saturated carbocycles. The van der Waals surface area contributed by atoms with Gasteiger partial charge in [0.05, 0.1) is 20.4 Å². The first-order valence-electron chi connectivity index (χ1n) is 9.28. The topological polar surface area (TPSA) is 69.7 Å². The lowest BCUT2D eigenvalue weighted by molar-refractivity contribution is -0.903. The standard InChI is InChI=1S/C20H27N3O4/c1-25-17-6-5-7-18(26-2)20(17)27-15-16(24)14-22-10-12-23(13-11-22)19-8-3-4-9-21-19/h3-9,16,24H,10-15H2,1-2H3/p+2/t16-/m1/s1. The van der Waals surface area contributed by atoms with E-state index < -0.39 is 6.10 Å². The molecule has 7 heteroatoms. The number of methoxy groups -OCH3 is 2. The number of hydrogen-bond donors (Lipinski definition) is 2. The number of nitrogens with zero attached hydrogens (tertiary/aromatic N) is 1. The van der Waals surface area contributed by atoms with Gasteiger partial charge in [0.25, 0.3) is 5.82 Å². The fraction of sp³-hybridized carbons (Fsp3) is 0.450. The number of anilines is 1. The third-order valence-corrected chi connectivity index (χ3v) is 4.83. The molecule has 3 N–H and O–H groups in total. The molecule has 1 fully saturated rings. The van der Waals surface area contributed by atoms with Crippen LogP contribution in [-0.4, -0.2) is 64.8 Å². The second-order valence-electron chi connectivity index (χ2n) is 6.65. The Morgan fingerprint density at radius 3 is 2.37 bits per heavy atom. The number of aromatic amines is 1. The molecule has 1 aliphatic heterocycles. The molecule has 2 heterocycles. The molecule has 0 aliphatic carbocycles. The van der Waals surface area contributed by atoms with Crippen LogP contribution in [0.25, 0.3) is 0 Å². The highest BCUT2D eigenvalue weighted by molar-refractivity contribution is 5.51. The van der Waals surface area contributed by atoms with Gasteiger partial charge < -0.3 is 24.2 Å². The molecule has 3 rings (SSSR count). The van der Waals surface area contributed by atoms with Gasteiger partial charge in [-0.25, -0.2) is 4.98 Å². The Kier molecular flexibility index (Phi) is 6.73. The monoisotopic (exact) mass is 375 g/mol. The number of piperazine rings is 1. The molecule has 7 nitrogen and oxygen atoms in total.